The van der Waals surface area contributed by atoms with Crippen molar-refractivity contribution >= 4 is 12.0 Å². The van der Waals surface area contributed by atoms with Gasteiger partial charge in [-0.15, -0.1) is 0 Å². The van der Waals surface area contributed by atoms with Gasteiger partial charge in [-0.25, -0.2) is 9.59 Å². The van der Waals surface area contributed by atoms with Gasteiger partial charge in [0.25, 0.3) is 0 Å². The zero-order chi connectivity index (χ0) is 13.9. The van der Waals surface area contributed by atoms with Crippen molar-refractivity contribution in [1.29, 1.82) is 0 Å². The molecule has 0 aromatic rings. The smallest absolute Gasteiger partial charge is 0.329 e. The van der Waals surface area contributed by atoms with Crippen LogP contribution < -0.4 is 0 Å². The van der Waals surface area contributed by atoms with Gasteiger partial charge in [0.1, 0.15) is 5.54 Å². The molecule has 1 unspecified atom stereocenters. The number of morpholine rings is 1. The first-order valence-corrected chi connectivity index (χ1v) is 6.18. The second-order valence-corrected chi connectivity index (χ2v) is 5.05. The van der Waals surface area contributed by atoms with Crippen LogP contribution in [0.15, 0.2) is 0 Å². The first-order valence-electron chi connectivity index (χ1n) is 6.18. The number of likely N-dealkylation sites (N-methyl/N-ethyl adjacent to an activating group) is 1. The minimum Gasteiger partial charge on any atom is -0.480 e. The number of urea groups is 1. The molecule has 0 aromatic carbocycles. The van der Waals surface area contributed by atoms with E-state index in [1.807, 2.05) is 6.92 Å². The molecule has 0 aliphatic carbocycles. The molecule has 0 aromatic heterocycles. The van der Waals surface area contributed by atoms with Crippen LogP contribution in [0, 0.1) is 0 Å². The van der Waals surface area contributed by atoms with Gasteiger partial charge < -0.3 is 19.6 Å². The fourth-order valence-corrected chi connectivity index (χ4v) is 1.73. The van der Waals surface area contributed by atoms with Gasteiger partial charge in [-0.05, 0) is 20.3 Å². The second kappa shape index (κ2) is 5.56. The highest BCUT2D eigenvalue weighted by Gasteiger charge is 2.38. The fourth-order valence-electron chi connectivity index (χ4n) is 1.73. The summed E-state index contributed by atoms with van der Waals surface area (Å²) in [6.45, 7) is 6.58. The van der Waals surface area contributed by atoms with Gasteiger partial charge in [0.15, 0.2) is 0 Å². The number of aliphatic carboxylic acids is 1. The van der Waals surface area contributed by atoms with Crippen LogP contribution in [0.25, 0.3) is 0 Å². The number of carbonyl (C=O) groups is 2. The topological polar surface area (TPSA) is 70.1 Å². The molecule has 0 bridgehead atoms. The number of hydrogen-bond acceptors (Lipinski definition) is 3. The van der Waals surface area contributed by atoms with E-state index in [0.717, 1.165) is 6.42 Å². The Morgan fingerprint density at radius 1 is 1.50 bits per heavy atom. The maximum Gasteiger partial charge on any atom is 0.329 e. The Kier molecular flexibility index (Phi) is 4.56. The number of carbonyl (C=O) groups excluding carboxylic acids is 1. The van der Waals surface area contributed by atoms with Crippen LogP contribution in [0.4, 0.5) is 4.79 Å². The lowest BCUT2D eigenvalue weighted by Gasteiger charge is -2.39. The molecule has 1 aliphatic heterocycles. The molecular formula is C12H22N2O4. The summed E-state index contributed by atoms with van der Waals surface area (Å²) < 4.78 is 5.49. The van der Waals surface area contributed by atoms with Gasteiger partial charge >= 0.3 is 12.0 Å². The van der Waals surface area contributed by atoms with Crippen molar-refractivity contribution in [3.05, 3.63) is 0 Å². The van der Waals surface area contributed by atoms with Crippen molar-refractivity contribution in [3.8, 4) is 0 Å². The Balaban J connectivity index is 2.72. The molecule has 0 radical (unpaired) electrons. The Morgan fingerprint density at radius 2 is 2.11 bits per heavy atom. The molecule has 6 nitrogen and oxygen atoms in total. The maximum atomic E-state index is 12.2. The van der Waals surface area contributed by atoms with Gasteiger partial charge in [0.05, 0.1) is 12.7 Å². The number of ether oxygens (including phenoxy) is 1. The minimum atomic E-state index is -1.21. The molecule has 1 saturated heterocycles. The molecule has 1 fully saturated rings. The predicted octanol–water partition coefficient (Wildman–Crippen LogP) is 1.01. The Morgan fingerprint density at radius 3 is 2.61 bits per heavy atom. The number of amides is 2. The first-order chi connectivity index (χ1) is 8.30. The molecule has 0 spiro atoms. The summed E-state index contributed by atoms with van der Waals surface area (Å²) in [7, 11) is 1.52. The highest BCUT2D eigenvalue weighted by molar-refractivity contribution is 5.85. The highest BCUT2D eigenvalue weighted by Crippen LogP contribution is 2.17. The zero-order valence-corrected chi connectivity index (χ0v) is 11.5. The molecule has 1 aliphatic rings. The van der Waals surface area contributed by atoms with Crippen LogP contribution in [-0.4, -0.2) is 65.3 Å². The fraction of sp³-hybridized carbons (Fsp3) is 0.833. The third-order valence-electron chi connectivity index (χ3n) is 3.51. The lowest BCUT2D eigenvalue weighted by atomic mass is 10.0. The van der Waals surface area contributed by atoms with Crippen molar-refractivity contribution in [3.63, 3.8) is 0 Å². The third-order valence-corrected chi connectivity index (χ3v) is 3.51. The van der Waals surface area contributed by atoms with Gasteiger partial charge in [0, 0.05) is 20.1 Å². The lowest BCUT2D eigenvalue weighted by Crippen LogP contribution is -2.57. The van der Waals surface area contributed by atoms with Crippen LogP contribution in [0.5, 0.6) is 0 Å². The SMILES string of the molecule is CCC1CN(C(=O)N(C)C(C)(C)C(=O)O)CCO1. The van der Waals surface area contributed by atoms with Crippen molar-refractivity contribution < 1.29 is 19.4 Å². The quantitative estimate of drug-likeness (QED) is 0.820. The van der Waals surface area contributed by atoms with Crippen molar-refractivity contribution in [2.75, 3.05) is 26.7 Å². The molecule has 18 heavy (non-hydrogen) atoms. The highest BCUT2D eigenvalue weighted by atomic mass is 16.5. The van der Waals surface area contributed by atoms with Crippen LogP contribution in [0.2, 0.25) is 0 Å². The monoisotopic (exact) mass is 258 g/mol. The number of hydrogen-bond donors (Lipinski definition) is 1. The van der Waals surface area contributed by atoms with E-state index in [9.17, 15) is 9.59 Å². The minimum absolute atomic E-state index is 0.0454. The van der Waals surface area contributed by atoms with E-state index in [1.54, 1.807) is 4.90 Å². The number of nitrogens with zero attached hydrogens (tertiary/aromatic N) is 2. The van der Waals surface area contributed by atoms with E-state index in [-0.39, 0.29) is 12.1 Å². The molecule has 1 heterocycles. The van der Waals surface area contributed by atoms with Gasteiger partial charge in [0.2, 0.25) is 0 Å². The first kappa shape index (κ1) is 14.8. The Bertz CT molecular complexity index is 330. The summed E-state index contributed by atoms with van der Waals surface area (Å²) in [6.07, 6.45) is 0.888. The number of rotatable bonds is 3. The molecular weight excluding hydrogens is 236 g/mol. The Labute approximate surface area is 107 Å². The summed E-state index contributed by atoms with van der Waals surface area (Å²) in [5, 5.41) is 9.12. The average molecular weight is 258 g/mol. The van der Waals surface area contributed by atoms with Crippen molar-refractivity contribution in [2.24, 2.45) is 0 Å². The molecule has 104 valence electrons. The maximum absolute atomic E-state index is 12.2. The van der Waals surface area contributed by atoms with E-state index in [2.05, 4.69) is 0 Å². The van der Waals surface area contributed by atoms with Gasteiger partial charge in [-0.3, -0.25) is 0 Å². The molecule has 1 rings (SSSR count). The van der Waals surface area contributed by atoms with Crippen LogP contribution in [-0.2, 0) is 9.53 Å². The molecule has 6 heteroatoms. The molecule has 1 atom stereocenters. The largest absolute Gasteiger partial charge is 0.480 e. The summed E-state index contributed by atoms with van der Waals surface area (Å²) in [5.74, 6) is -1.02. The molecule has 2 amide bonds. The normalized spacial score (nSPS) is 20.7. The van der Waals surface area contributed by atoms with E-state index in [4.69, 9.17) is 9.84 Å². The van der Waals surface area contributed by atoms with Crippen LogP contribution >= 0.6 is 0 Å². The second-order valence-electron chi connectivity index (χ2n) is 5.05. The summed E-state index contributed by atoms with van der Waals surface area (Å²) in [6, 6.07) is -0.260. The van der Waals surface area contributed by atoms with Crippen LogP contribution in [0.3, 0.4) is 0 Å². The summed E-state index contributed by atoms with van der Waals surface area (Å²) >= 11 is 0. The van der Waals surface area contributed by atoms with E-state index in [0.29, 0.717) is 19.7 Å². The van der Waals surface area contributed by atoms with Gasteiger partial charge in [-0.2, -0.15) is 0 Å². The molecule has 1 N–H and O–H groups in total. The van der Waals surface area contributed by atoms with Crippen molar-refractivity contribution in [2.45, 2.75) is 38.8 Å². The van der Waals surface area contributed by atoms with Crippen molar-refractivity contribution in [1.82, 2.24) is 9.80 Å². The number of carboxylic acids is 1. The summed E-state index contributed by atoms with van der Waals surface area (Å²) in [4.78, 5) is 26.3. The standard InChI is InChI=1S/C12H22N2O4/c1-5-9-8-14(6-7-18-9)11(17)13(4)12(2,3)10(15)16/h9H,5-8H2,1-4H3,(H,15,16). The predicted molar refractivity (Wildman–Crippen MR) is 66.5 cm³/mol. The lowest BCUT2D eigenvalue weighted by molar-refractivity contribution is -0.147. The van der Waals surface area contributed by atoms with E-state index in [1.165, 1.54) is 25.8 Å². The summed E-state index contributed by atoms with van der Waals surface area (Å²) in [5.41, 5.74) is -1.21. The van der Waals surface area contributed by atoms with E-state index >= 15 is 0 Å². The third kappa shape index (κ3) is 2.93. The Hall–Kier alpha value is -1.30. The van der Waals surface area contributed by atoms with Gasteiger partial charge in [-0.1, -0.05) is 6.92 Å². The van der Waals surface area contributed by atoms with E-state index < -0.39 is 11.5 Å². The van der Waals surface area contributed by atoms with Crippen LogP contribution in [0.1, 0.15) is 27.2 Å². The average Bonchev–Trinajstić information content (AvgIpc) is 2.36. The molecule has 0 saturated carbocycles. The zero-order valence-electron chi connectivity index (χ0n) is 11.5. The number of carboxylic acid groups (broad SMARTS) is 1.